The maximum Gasteiger partial charge on any atom is 0.104 e. The van der Waals surface area contributed by atoms with Gasteiger partial charge in [-0.15, -0.1) is 0 Å². The van der Waals surface area contributed by atoms with Crippen molar-refractivity contribution in [2.45, 2.75) is 19.6 Å². The third-order valence-electron chi connectivity index (χ3n) is 2.97. The molecule has 0 bridgehead atoms. The van der Waals surface area contributed by atoms with Crippen LogP contribution in [-0.2, 0) is 11.3 Å². The molecule has 3 nitrogen and oxygen atoms in total. The van der Waals surface area contributed by atoms with Gasteiger partial charge in [-0.1, -0.05) is 24.0 Å². The Labute approximate surface area is 108 Å². The summed E-state index contributed by atoms with van der Waals surface area (Å²) >= 11 is 0. The molecule has 1 aliphatic rings. The number of benzene rings is 1. The van der Waals surface area contributed by atoms with E-state index >= 15 is 0 Å². The van der Waals surface area contributed by atoms with Crippen molar-refractivity contribution in [3.05, 3.63) is 35.4 Å². The van der Waals surface area contributed by atoms with Crippen LogP contribution in [0.25, 0.3) is 0 Å². The van der Waals surface area contributed by atoms with Crippen molar-refractivity contribution in [3.8, 4) is 11.8 Å². The van der Waals surface area contributed by atoms with Crippen molar-refractivity contribution in [3.63, 3.8) is 0 Å². The minimum Gasteiger partial charge on any atom is -0.384 e. The maximum absolute atomic E-state index is 8.69. The fourth-order valence-electron chi connectivity index (χ4n) is 2.18. The molecule has 1 aromatic rings. The van der Waals surface area contributed by atoms with Crippen molar-refractivity contribution < 1.29 is 9.84 Å². The first-order chi connectivity index (χ1) is 8.78. The van der Waals surface area contributed by atoms with E-state index in [1.165, 1.54) is 5.56 Å². The van der Waals surface area contributed by atoms with Gasteiger partial charge in [0, 0.05) is 25.2 Å². The Morgan fingerprint density at radius 1 is 1.50 bits per heavy atom. The van der Waals surface area contributed by atoms with E-state index in [-0.39, 0.29) is 6.61 Å². The van der Waals surface area contributed by atoms with Gasteiger partial charge in [-0.3, -0.25) is 4.90 Å². The lowest BCUT2D eigenvalue weighted by Gasteiger charge is -2.31. The third-order valence-corrected chi connectivity index (χ3v) is 2.97. The van der Waals surface area contributed by atoms with Crippen LogP contribution in [0.3, 0.4) is 0 Å². The smallest absolute Gasteiger partial charge is 0.104 e. The first kappa shape index (κ1) is 13.1. The predicted octanol–water partition coefficient (Wildman–Crippen LogP) is 1.25. The summed E-state index contributed by atoms with van der Waals surface area (Å²) in [5.41, 5.74) is 2.22. The summed E-state index contributed by atoms with van der Waals surface area (Å²) in [4.78, 5) is 2.40. The van der Waals surface area contributed by atoms with Crippen LogP contribution in [0.2, 0.25) is 0 Å². The van der Waals surface area contributed by atoms with Crippen LogP contribution >= 0.6 is 0 Å². The molecular weight excluding hydrogens is 226 g/mol. The van der Waals surface area contributed by atoms with Crippen molar-refractivity contribution in [1.29, 1.82) is 0 Å². The molecule has 0 aromatic heterocycles. The lowest BCUT2D eigenvalue weighted by atomic mass is 10.1. The Morgan fingerprint density at radius 2 is 2.39 bits per heavy atom. The average Bonchev–Trinajstić information content (AvgIpc) is 2.37. The zero-order chi connectivity index (χ0) is 12.8. The summed E-state index contributed by atoms with van der Waals surface area (Å²) < 4.78 is 5.53. The Morgan fingerprint density at radius 3 is 3.17 bits per heavy atom. The predicted molar refractivity (Wildman–Crippen MR) is 71.1 cm³/mol. The summed E-state index contributed by atoms with van der Waals surface area (Å²) in [6, 6.07) is 8.18. The maximum atomic E-state index is 8.69. The number of nitrogens with zero attached hydrogens (tertiary/aromatic N) is 1. The van der Waals surface area contributed by atoms with Crippen LogP contribution in [-0.4, -0.2) is 42.4 Å². The molecule has 0 spiro atoms. The quantitative estimate of drug-likeness (QED) is 0.796. The average molecular weight is 245 g/mol. The Hall–Kier alpha value is -1.34. The summed E-state index contributed by atoms with van der Waals surface area (Å²) in [7, 11) is 0. The van der Waals surface area contributed by atoms with E-state index in [2.05, 4.69) is 35.8 Å². The van der Waals surface area contributed by atoms with Crippen LogP contribution in [0.1, 0.15) is 18.1 Å². The number of ether oxygens (including phenoxy) is 1. The van der Waals surface area contributed by atoms with Gasteiger partial charge in [0.25, 0.3) is 0 Å². The molecule has 1 aromatic carbocycles. The number of aliphatic hydroxyl groups excluding tert-OH is 1. The van der Waals surface area contributed by atoms with E-state index in [0.29, 0.717) is 6.10 Å². The second kappa shape index (κ2) is 6.55. The van der Waals surface area contributed by atoms with Gasteiger partial charge in [-0.25, -0.2) is 0 Å². The van der Waals surface area contributed by atoms with Gasteiger partial charge in [0.1, 0.15) is 6.61 Å². The van der Waals surface area contributed by atoms with Crippen LogP contribution in [0.4, 0.5) is 0 Å². The van der Waals surface area contributed by atoms with Gasteiger partial charge < -0.3 is 9.84 Å². The molecule has 18 heavy (non-hydrogen) atoms. The molecule has 0 amide bonds. The second-order valence-electron chi connectivity index (χ2n) is 4.58. The first-order valence-corrected chi connectivity index (χ1v) is 6.30. The molecule has 0 saturated carbocycles. The number of hydrogen-bond donors (Lipinski definition) is 1. The molecule has 0 aliphatic carbocycles. The molecule has 1 atom stereocenters. The number of aliphatic hydroxyl groups is 1. The minimum absolute atomic E-state index is 0.0921. The number of rotatable bonds is 2. The second-order valence-corrected chi connectivity index (χ2v) is 4.58. The van der Waals surface area contributed by atoms with Crippen molar-refractivity contribution >= 4 is 0 Å². The molecule has 3 heteroatoms. The molecule has 1 unspecified atom stereocenters. The fourth-order valence-corrected chi connectivity index (χ4v) is 2.18. The molecule has 0 radical (unpaired) electrons. The third kappa shape index (κ3) is 3.85. The molecule has 1 aliphatic heterocycles. The Bertz CT molecular complexity index is 447. The van der Waals surface area contributed by atoms with Crippen LogP contribution in [0, 0.1) is 11.8 Å². The standard InChI is InChI=1S/C15H19NO2/c1-13-11-16(7-9-18-13)12-15-5-2-4-14(10-15)6-3-8-17/h2,4-5,10,13,17H,7-9,11-12H2,1H3. The van der Waals surface area contributed by atoms with Crippen LogP contribution < -0.4 is 0 Å². The topological polar surface area (TPSA) is 32.7 Å². The van der Waals surface area contributed by atoms with Crippen LogP contribution in [0.15, 0.2) is 24.3 Å². The van der Waals surface area contributed by atoms with Gasteiger partial charge in [0.2, 0.25) is 0 Å². The summed E-state index contributed by atoms with van der Waals surface area (Å²) in [5.74, 6) is 5.61. The summed E-state index contributed by atoms with van der Waals surface area (Å²) in [5, 5.41) is 8.69. The highest BCUT2D eigenvalue weighted by Crippen LogP contribution is 2.11. The highest BCUT2D eigenvalue weighted by Gasteiger charge is 2.16. The highest BCUT2D eigenvalue weighted by atomic mass is 16.5. The Kier molecular flexibility index (Phi) is 4.77. The fraction of sp³-hybridized carbons (Fsp3) is 0.467. The minimum atomic E-state index is -0.0921. The molecule has 1 N–H and O–H groups in total. The van der Waals surface area contributed by atoms with Crippen molar-refractivity contribution in [2.24, 2.45) is 0 Å². The van der Waals surface area contributed by atoms with Gasteiger partial charge in [-0.2, -0.15) is 0 Å². The zero-order valence-corrected chi connectivity index (χ0v) is 10.7. The lowest BCUT2D eigenvalue weighted by molar-refractivity contribution is -0.0212. The van der Waals surface area contributed by atoms with E-state index in [1.807, 2.05) is 12.1 Å². The van der Waals surface area contributed by atoms with Gasteiger partial charge in [0.05, 0.1) is 12.7 Å². The van der Waals surface area contributed by atoms with Gasteiger partial charge >= 0.3 is 0 Å². The van der Waals surface area contributed by atoms with Gasteiger partial charge in [0.15, 0.2) is 0 Å². The molecule has 96 valence electrons. The SMILES string of the molecule is CC1CN(Cc2cccc(C#CCO)c2)CCO1. The molecule has 1 saturated heterocycles. The molecule has 2 rings (SSSR count). The monoisotopic (exact) mass is 245 g/mol. The van der Waals surface area contributed by atoms with Gasteiger partial charge in [-0.05, 0) is 24.6 Å². The van der Waals surface area contributed by atoms with Crippen molar-refractivity contribution in [2.75, 3.05) is 26.3 Å². The van der Waals surface area contributed by atoms with Crippen LogP contribution in [0.5, 0.6) is 0 Å². The number of morpholine rings is 1. The van der Waals surface area contributed by atoms with Crippen molar-refractivity contribution in [1.82, 2.24) is 4.90 Å². The summed E-state index contributed by atoms with van der Waals surface area (Å²) in [6.07, 6.45) is 0.316. The zero-order valence-electron chi connectivity index (χ0n) is 10.7. The normalized spacial score (nSPS) is 20.2. The first-order valence-electron chi connectivity index (χ1n) is 6.30. The highest BCUT2D eigenvalue weighted by molar-refractivity contribution is 5.37. The molecule has 1 heterocycles. The van der Waals surface area contributed by atoms with E-state index < -0.39 is 0 Å². The van der Waals surface area contributed by atoms with E-state index in [9.17, 15) is 0 Å². The largest absolute Gasteiger partial charge is 0.384 e. The van der Waals surface area contributed by atoms with E-state index in [4.69, 9.17) is 9.84 Å². The summed E-state index contributed by atoms with van der Waals surface area (Å²) in [6.45, 7) is 5.72. The van der Waals surface area contributed by atoms with E-state index in [1.54, 1.807) is 0 Å². The molecule has 1 fully saturated rings. The number of hydrogen-bond acceptors (Lipinski definition) is 3. The molecular formula is C15H19NO2. The lowest BCUT2D eigenvalue weighted by Crippen LogP contribution is -2.40. The van der Waals surface area contributed by atoms with E-state index in [0.717, 1.165) is 31.8 Å². The Balaban J connectivity index is 2.00.